The van der Waals surface area contributed by atoms with E-state index in [1.165, 1.54) is 0 Å². The molecule has 94 valence electrons. The molecule has 0 radical (unpaired) electrons. The van der Waals surface area contributed by atoms with Gasteiger partial charge in [-0.2, -0.15) is 5.10 Å². The van der Waals surface area contributed by atoms with Gasteiger partial charge in [-0.05, 0) is 32.4 Å². The number of hydrogen-bond donors (Lipinski definition) is 2. The molecule has 2 heterocycles. The summed E-state index contributed by atoms with van der Waals surface area (Å²) in [6.07, 6.45) is 0.902. The van der Waals surface area contributed by atoms with Crippen molar-refractivity contribution in [2.45, 2.75) is 20.3 Å². The van der Waals surface area contributed by atoms with Crippen molar-refractivity contribution in [2.24, 2.45) is 18.9 Å². The maximum atomic E-state index is 12.1. The zero-order chi connectivity index (χ0) is 12.4. The number of rotatable bonds is 2. The van der Waals surface area contributed by atoms with Gasteiger partial charge in [-0.25, -0.2) is 0 Å². The fourth-order valence-electron chi connectivity index (χ4n) is 2.24. The summed E-state index contributed by atoms with van der Waals surface area (Å²) in [5, 5.41) is 10.4. The number of anilines is 1. The molecule has 1 aromatic rings. The summed E-state index contributed by atoms with van der Waals surface area (Å²) in [4.78, 5) is 12.1. The standard InChI is InChI=1S/C12H20N4O/c1-8-7-13-5-4-10(8)12(17)14-11-6-9(2)16(3)15-11/h6,8,10,13H,4-5,7H2,1-3H3,(H,14,15,17). The fourth-order valence-corrected chi connectivity index (χ4v) is 2.24. The summed E-state index contributed by atoms with van der Waals surface area (Å²) in [5.41, 5.74) is 1.04. The first-order valence-electron chi connectivity index (χ1n) is 6.10. The number of aromatic nitrogens is 2. The van der Waals surface area contributed by atoms with E-state index in [-0.39, 0.29) is 11.8 Å². The van der Waals surface area contributed by atoms with E-state index in [4.69, 9.17) is 0 Å². The Morgan fingerprint density at radius 3 is 3.00 bits per heavy atom. The van der Waals surface area contributed by atoms with Crippen LogP contribution in [0.15, 0.2) is 6.07 Å². The Bertz CT molecular complexity index is 393. The molecule has 0 aromatic carbocycles. The maximum absolute atomic E-state index is 12.1. The van der Waals surface area contributed by atoms with E-state index in [9.17, 15) is 4.79 Å². The third-order valence-corrected chi connectivity index (χ3v) is 3.49. The van der Waals surface area contributed by atoms with Gasteiger partial charge in [-0.15, -0.1) is 0 Å². The molecule has 2 atom stereocenters. The summed E-state index contributed by atoms with van der Waals surface area (Å²) in [6, 6.07) is 1.89. The number of piperidine rings is 1. The molecular weight excluding hydrogens is 216 g/mol. The zero-order valence-electron chi connectivity index (χ0n) is 10.7. The third-order valence-electron chi connectivity index (χ3n) is 3.49. The molecule has 1 aromatic heterocycles. The van der Waals surface area contributed by atoms with Crippen LogP contribution in [0.2, 0.25) is 0 Å². The molecular formula is C12H20N4O. The Labute approximate surface area is 102 Å². The second-order valence-corrected chi connectivity index (χ2v) is 4.86. The summed E-state index contributed by atoms with van der Waals surface area (Å²) in [7, 11) is 1.87. The number of nitrogens with zero attached hydrogens (tertiary/aromatic N) is 2. The largest absolute Gasteiger partial charge is 0.316 e. The second kappa shape index (κ2) is 4.87. The summed E-state index contributed by atoms with van der Waals surface area (Å²) in [5.74, 6) is 1.23. The van der Waals surface area contributed by atoms with E-state index in [2.05, 4.69) is 22.7 Å². The molecule has 5 nitrogen and oxygen atoms in total. The molecule has 17 heavy (non-hydrogen) atoms. The highest BCUT2D eigenvalue weighted by Gasteiger charge is 2.27. The predicted octanol–water partition coefficient (Wildman–Crippen LogP) is 0.913. The van der Waals surface area contributed by atoms with Gasteiger partial charge in [0.25, 0.3) is 0 Å². The van der Waals surface area contributed by atoms with Crippen molar-refractivity contribution in [3.05, 3.63) is 11.8 Å². The molecule has 0 spiro atoms. The average Bonchev–Trinajstić information content (AvgIpc) is 2.58. The molecule has 1 saturated heterocycles. The number of hydrogen-bond acceptors (Lipinski definition) is 3. The van der Waals surface area contributed by atoms with Gasteiger partial charge in [-0.3, -0.25) is 9.48 Å². The average molecular weight is 236 g/mol. The molecule has 0 bridgehead atoms. The second-order valence-electron chi connectivity index (χ2n) is 4.86. The Kier molecular flexibility index (Phi) is 3.47. The van der Waals surface area contributed by atoms with Gasteiger partial charge in [0.15, 0.2) is 5.82 Å². The van der Waals surface area contributed by atoms with E-state index in [1.807, 2.05) is 20.0 Å². The number of amides is 1. The van der Waals surface area contributed by atoms with Gasteiger partial charge in [0.05, 0.1) is 0 Å². The van der Waals surface area contributed by atoms with Crippen LogP contribution in [0.25, 0.3) is 0 Å². The van der Waals surface area contributed by atoms with Gasteiger partial charge in [0, 0.05) is 24.7 Å². The summed E-state index contributed by atoms with van der Waals surface area (Å²) in [6.45, 7) is 5.92. The van der Waals surface area contributed by atoms with Gasteiger partial charge < -0.3 is 10.6 Å². The molecule has 1 amide bonds. The Morgan fingerprint density at radius 2 is 2.41 bits per heavy atom. The van der Waals surface area contributed by atoms with E-state index in [0.29, 0.717) is 11.7 Å². The number of nitrogens with one attached hydrogen (secondary N) is 2. The molecule has 0 aliphatic carbocycles. The Balaban J connectivity index is 2.00. The molecule has 1 aliphatic heterocycles. The van der Waals surface area contributed by atoms with Crippen LogP contribution in [0.5, 0.6) is 0 Å². The molecule has 5 heteroatoms. The first-order valence-corrected chi connectivity index (χ1v) is 6.10. The van der Waals surface area contributed by atoms with E-state index in [1.54, 1.807) is 4.68 Å². The smallest absolute Gasteiger partial charge is 0.229 e. The van der Waals surface area contributed by atoms with Crippen LogP contribution in [-0.2, 0) is 11.8 Å². The summed E-state index contributed by atoms with van der Waals surface area (Å²) >= 11 is 0. The highest BCUT2D eigenvalue weighted by Crippen LogP contribution is 2.20. The van der Waals surface area contributed by atoms with Crippen molar-refractivity contribution < 1.29 is 4.79 Å². The summed E-state index contributed by atoms with van der Waals surface area (Å²) < 4.78 is 1.77. The molecule has 1 fully saturated rings. The third kappa shape index (κ3) is 2.66. The number of carbonyl (C=O) groups excluding carboxylic acids is 1. The number of aryl methyl sites for hydroxylation is 2. The lowest BCUT2D eigenvalue weighted by molar-refractivity contribution is -0.122. The van der Waals surface area contributed by atoms with E-state index in [0.717, 1.165) is 25.2 Å². The Hall–Kier alpha value is -1.36. The normalized spacial score (nSPS) is 24.6. The van der Waals surface area contributed by atoms with Crippen LogP contribution in [0.1, 0.15) is 19.0 Å². The minimum absolute atomic E-state index is 0.0945. The van der Waals surface area contributed by atoms with Crippen LogP contribution in [-0.4, -0.2) is 28.8 Å². The minimum atomic E-state index is 0.0945. The zero-order valence-corrected chi connectivity index (χ0v) is 10.7. The van der Waals surface area contributed by atoms with Gasteiger partial charge >= 0.3 is 0 Å². The van der Waals surface area contributed by atoms with Gasteiger partial charge in [0.2, 0.25) is 5.91 Å². The first kappa shape index (κ1) is 12.1. The lowest BCUT2D eigenvalue weighted by Crippen LogP contribution is -2.41. The molecule has 0 saturated carbocycles. The van der Waals surface area contributed by atoms with Crippen molar-refractivity contribution in [3.8, 4) is 0 Å². The maximum Gasteiger partial charge on any atom is 0.229 e. The van der Waals surface area contributed by atoms with Crippen LogP contribution in [0, 0.1) is 18.8 Å². The van der Waals surface area contributed by atoms with Crippen molar-refractivity contribution in [3.63, 3.8) is 0 Å². The quantitative estimate of drug-likeness (QED) is 0.802. The van der Waals surface area contributed by atoms with Gasteiger partial charge in [-0.1, -0.05) is 6.92 Å². The van der Waals surface area contributed by atoms with Crippen molar-refractivity contribution in [1.82, 2.24) is 15.1 Å². The molecule has 2 N–H and O–H groups in total. The van der Waals surface area contributed by atoms with E-state index < -0.39 is 0 Å². The fraction of sp³-hybridized carbons (Fsp3) is 0.667. The molecule has 2 rings (SSSR count). The SMILES string of the molecule is Cc1cc(NC(=O)C2CCNCC2C)nn1C. The minimum Gasteiger partial charge on any atom is -0.316 e. The number of carbonyl (C=O) groups is 1. The van der Waals surface area contributed by atoms with Crippen molar-refractivity contribution >= 4 is 11.7 Å². The van der Waals surface area contributed by atoms with E-state index >= 15 is 0 Å². The lowest BCUT2D eigenvalue weighted by Gasteiger charge is -2.28. The van der Waals surface area contributed by atoms with Crippen LogP contribution in [0.3, 0.4) is 0 Å². The highest BCUT2D eigenvalue weighted by atomic mass is 16.2. The van der Waals surface area contributed by atoms with Crippen molar-refractivity contribution in [1.29, 1.82) is 0 Å². The Morgan fingerprint density at radius 1 is 1.65 bits per heavy atom. The van der Waals surface area contributed by atoms with Crippen LogP contribution in [0.4, 0.5) is 5.82 Å². The highest BCUT2D eigenvalue weighted by molar-refractivity contribution is 5.92. The monoisotopic (exact) mass is 236 g/mol. The van der Waals surface area contributed by atoms with Crippen LogP contribution < -0.4 is 10.6 Å². The topological polar surface area (TPSA) is 59.0 Å². The van der Waals surface area contributed by atoms with Crippen molar-refractivity contribution in [2.75, 3.05) is 18.4 Å². The first-order chi connectivity index (χ1) is 8.08. The lowest BCUT2D eigenvalue weighted by atomic mass is 9.87. The predicted molar refractivity (Wildman–Crippen MR) is 66.7 cm³/mol. The van der Waals surface area contributed by atoms with Gasteiger partial charge in [0.1, 0.15) is 0 Å². The van der Waals surface area contributed by atoms with Crippen LogP contribution >= 0.6 is 0 Å². The molecule has 2 unspecified atom stereocenters. The molecule has 1 aliphatic rings.